The van der Waals surface area contributed by atoms with Crippen LogP contribution in [0.1, 0.15) is 128 Å². The van der Waals surface area contributed by atoms with Crippen molar-refractivity contribution in [3.63, 3.8) is 0 Å². The predicted octanol–water partition coefficient (Wildman–Crippen LogP) is 13.7. The summed E-state index contributed by atoms with van der Waals surface area (Å²) in [6, 6.07) is 26.4. The molecule has 6 rings (SSSR count). The summed E-state index contributed by atoms with van der Waals surface area (Å²) < 4.78 is 27.6. The molecule has 4 nitrogen and oxygen atoms in total. The average Bonchev–Trinajstić information content (AvgIpc) is 3.49. The van der Waals surface area contributed by atoms with Gasteiger partial charge in [0.15, 0.2) is 0 Å². The van der Waals surface area contributed by atoms with Crippen molar-refractivity contribution in [2.45, 2.75) is 119 Å². The lowest BCUT2D eigenvalue weighted by atomic mass is 9.78. The Hall–Kier alpha value is -4.96. The molecule has 0 atom stereocenters. The van der Waals surface area contributed by atoms with Crippen LogP contribution in [0.25, 0.3) is 56.1 Å². The third kappa shape index (κ3) is 7.53. The lowest BCUT2D eigenvalue weighted by Crippen LogP contribution is -2.18. The Balaban J connectivity index is 1.78. The first-order valence-electron chi connectivity index (χ1n) is 20.5. The zero-order valence-corrected chi connectivity index (χ0v) is 34.6. The van der Waals surface area contributed by atoms with Crippen molar-refractivity contribution in [1.29, 1.82) is 0 Å². The minimum atomic E-state index is -2.37. The van der Waals surface area contributed by atoms with Crippen LogP contribution in [0.4, 0.5) is 0 Å². The second kappa shape index (κ2) is 13.4. The molecule has 4 heteroatoms. The fraction of sp³-hybridized carbons (Fsp3) is 0.360. The molecule has 0 aliphatic rings. The number of phenols is 1. The summed E-state index contributed by atoms with van der Waals surface area (Å²) in [7, 11) is 0. The second-order valence-electron chi connectivity index (χ2n) is 19.1. The molecule has 280 valence electrons. The summed E-state index contributed by atoms with van der Waals surface area (Å²) in [5.41, 5.74) is 11.5. The standard InChI is InChI=1S/C50H59N3O/c1-30(2)32-19-20-51-42(24-32)34-22-31(3)21-33(23-34)39-17-16-18-43-44(39)52-46(40-28-37(49(10,11)12)29-41(45(40)54)50(13,14)15)53(43)38-26-35(47(4,5)6)25-36(27-38)48(7,8)9/h16-29,54H,1H2,2-15H3/i3D3. The molecule has 0 aliphatic carbocycles. The van der Waals surface area contributed by atoms with Crippen LogP contribution in [0.5, 0.6) is 5.75 Å². The zero-order chi connectivity index (χ0) is 42.2. The molecule has 0 bridgehead atoms. The number of hydrogen-bond donors (Lipinski definition) is 1. The Bertz CT molecular complexity index is 2490. The number of aryl methyl sites for hydroxylation is 1. The van der Waals surface area contributed by atoms with Gasteiger partial charge < -0.3 is 5.11 Å². The van der Waals surface area contributed by atoms with Gasteiger partial charge in [-0.1, -0.05) is 126 Å². The molecule has 0 unspecified atom stereocenters. The first-order chi connectivity index (χ1) is 26.1. The topological polar surface area (TPSA) is 50.9 Å². The van der Waals surface area contributed by atoms with Gasteiger partial charge in [-0.05, 0) is 117 Å². The van der Waals surface area contributed by atoms with Crippen LogP contribution in [0.2, 0.25) is 0 Å². The van der Waals surface area contributed by atoms with Gasteiger partial charge in [0.1, 0.15) is 11.6 Å². The second-order valence-corrected chi connectivity index (χ2v) is 19.1. The number of allylic oxidation sites excluding steroid dienone is 1. The number of rotatable bonds is 5. The van der Waals surface area contributed by atoms with Crippen molar-refractivity contribution in [1.82, 2.24) is 14.5 Å². The molecule has 4 aromatic carbocycles. The minimum absolute atomic E-state index is 0.146. The van der Waals surface area contributed by atoms with Crippen molar-refractivity contribution in [3.8, 4) is 45.2 Å². The molecular formula is C50H59N3O. The molecule has 0 saturated heterocycles. The van der Waals surface area contributed by atoms with Crippen LogP contribution in [-0.4, -0.2) is 19.6 Å². The number of imidazole rings is 1. The normalized spacial score (nSPS) is 13.8. The summed E-state index contributed by atoms with van der Waals surface area (Å²) >= 11 is 0. The number of pyridine rings is 1. The van der Waals surface area contributed by atoms with E-state index in [0.717, 1.165) is 39.0 Å². The maximum atomic E-state index is 12.3. The summed E-state index contributed by atoms with van der Waals surface area (Å²) in [5.74, 6) is 0.812. The van der Waals surface area contributed by atoms with E-state index in [1.165, 1.54) is 11.1 Å². The van der Waals surface area contributed by atoms with Crippen molar-refractivity contribution in [2.24, 2.45) is 0 Å². The van der Waals surface area contributed by atoms with Gasteiger partial charge in [-0.25, -0.2) is 4.98 Å². The third-order valence-corrected chi connectivity index (χ3v) is 10.4. The number of aromatic hydroxyl groups is 1. The third-order valence-electron chi connectivity index (χ3n) is 10.4. The summed E-state index contributed by atoms with van der Waals surface area (Å²) in [4.78, 5) is 10.2. The largest absolute Gasteiger partial charge is 0.507 e. The van der Waals surface area contributed by atoms with Crippen molar-refractivity contribution in [2.75, 3.05) is 0 Å². The van der Waals surface area contributed by atoms with E-state index >= 15 is 0 Å². The Labute approximate surface area is 328 Å². The van der Waals surface area contributed by atoms with Crippen molar-refractivity contribution >= 4 is 16.6 Å². The van der Waals surface area contributed by atoms with Crippen LogP contribution in [-0.2, 0) is 21.7 Å². The number of phenolic OH excluding ortho intramolecular Hbond substituents is 1. The van der Waals surface area contributed by atoms with Gasteiger partial charge in [0.2, 0.25) is 0 Å². The Morgan fingerprint density at radius 1 is 0.685 bits per heavy atom. The quantitative estimate of drug-likeness (QED) is 0.193. The van der Waals surface area contributed by atoms with E-state index in [2.05, 4.69) is 136 Å². The van der Waals surface area contributed by atoms with E-state index in [1.54, 1.807) is 18.3 Å². The Morgan fingerprint density at radius 3 is 1.87 bits per heavy atom. The molecule has 2 aromatic heterocycles. The number of benzene rings is 4. The first kappa shape index (κ1) is 34.8. The minimum Gasteiger partial charge on any atom is -0.507 e. The molecule has 1 N–H and O–H groups in total. The highest BCUT2D eigenvalue weighted by Crippen LogP contribution is 2.45. The van der Waals surface area contributed by atoms with E-state index in [0.29, 0.717) is 33.7 Å². The fourth-order valence-electron chi connectivity index (χ4n) is 6.98. The fourth-order valence-corrected chi connectivity index (χ4v) is 6.98. The number of aromatic nitrogens is 3. The highest BCUT2D eigenvalue weighted by Gasteiger charge is 2.30. The SMILES string of the molecule is [2H]C([2H])([2H])c1cc(-c2cc(C(=C)C)ccn2)cc(-c2cccc3c2nc(-c2cc(C(C)(C)C)cc(C(C)(C)C)c2O)n3-c2cc(C(C)(C)C)cc(C(C)(C)C)c2)c1. The highest BCUT2D eigenvalue weighted by atomic mass is 16.3. The van der Waals surface area contributed by atoms with Crippen LogP contribution in [0, 0.1) is 6.85 Å². The summed E-state index contributed by atoms with van der Waals surface area (Å²) in [6.45, 7) is 30.0. The molecule has 0 spiro atoms. The zero-order valence-electron chi connectivity index (χ0n) is 37.6. The van der Waals surface area contributed by atoms with E-state index in [-0.39, 0.29) is 33.0 Å². The Kier molecular flexibility index (Phi) is 8.64. The smallest absolute Gasteiger partial charge is 0.149 e. The molecule has 0 saturated carbocycles. The summed E-state index contributed by atoms with van der Waals surface area (Å²) in [5, 5.41) is 12.3. The maximum absolute atomic E-state index is 12.3. The molecule has 0 aliphatic heterocycles. The van der Waals surface area contributed by atoms with Gasteiger partial charge in [-0.15, -0.1) is 0 Å². The number of hydrogen-bond acceptors (Lipinski definition) is 3. The van der Waals surface area contributed by atoms with Gasteiger partial charge in [-0.2, -0.15) is 0 Å². The van der Waals surface area contributed by atoms with E-state index in [9.17, 15) is 5.11 Å². The first-order valence-corrected chi connectivity index (χ1v) is 19.0. The summed E-state index contributed by atoms with van der Waals surface area (Å²) in [6.07, 6.45) is 1.73. The van der Waals surface area contributed by atoms with Crippen LogP contribution >= 0.6 is 0 Å². The molecule has 2 heterocycles. The monoisotopic (exact) mass is 720 g/mol. The molecule has 0 radical (unpaired) electrons. The average molecular weight is 721 g/mol. The number of nitrogens with zero attached hydrogens (tertiary/aromatic N) is 3. The van der Waals surface area contributed by atoms with E-state index in [1.807, 2.05) is 37.3 Å². The van der Waals surface area contributed by atoms with Gasteiger partial charge in [0, 0.05) is 32.7 Å². The number of para-hydroxylation sites is 1. The maximum Gasteiger partial charge on any atom is 0.149 e. The Morgan fingerprint density at radius 2 is 1.30 bits per heavy atom. The molecule has 0 amide bonds. The van der Waals surface area contributed by atoms with Crippen LogP contribution in [0.3, 0.4) is 0 Å². The van der Waals surface area contributed by atoms with Crippen LogP contribution in [0.15, 0.2) is 91.6 Å². The number of fused-ring (bicyclic) bond motifs is 1. The van der Waals surface area contributed by atoms with E-state index in [4.69, 9.17) is 9.10 Å². The van der Waals surface area contributed by atoms with Crippen LogP contribution < -0.4 is 0 Å². The van der Waals surface area contributed by atoms with Gasteiger partial charge in [-0.3, -0.25) is 9.55 Å². The van der Waals surface area contributed by atoms with E-state index < -0.39 is 6.85 Å². The lowest BCUT2D eigenvalue weighted by molar-refractivity contribution is 0.446. The van der Waals surface area contributed by atoms with Gasteiger partial charge in [0.05, 0.1) is 22.3 Å². The predicted molar refractivity (Wildman–Crippen MR) is 231 cm³/mol. The van der Waals surface area contributed by atoms with Crippen molar-refractivity contribution in [3.05, 3.63) is 125 Å². The molecule has 0 fully saturated rings. The highest BCUT2D eigenvalue weighted by molar-refractivity contribution is 5.97. The molecule has 6 aromatic rings. The van der Waals surface area contributed by atoms with Gasteiger partial charge in [0.25, 0.3) is 0 Å². The molecular weight excluding hydrogens is 659 g/mol. The van der Waals surface area contributed by atoms with Crippen molar-refractivity contribution < 1.29 is 9.22 Å². The lowest BCUT2D eigenvalue weighted by Gasteiger charge is -2.28. The van der Waals surface area contributed by atoms with Gasteiger partial charge >= 0.3 is 0 Å². The molecule has 54 heavy (non-hydrogen) atoms.